The van der Waals surface area contributed by atoms with Gasteiger partial charge in [0.2, 0.25) is 0 Å². The van der Waals surface area contributed by atoms with Crippen molar-refractivity contribution >= 4 is 15.9 Å². The van der Waals surface area contributed by atoms with Crippen molar-refractivity contribution in [1.29, 1.82) is 0 Å². The highest BCUT2D eigenvalue weighted by molar-refractivity contribution is 9.10. The van der Waals surface area contributed by atoms with Gasteiger partial charge in [0, 0.05) is 17.1 Å². The van der Waals surface area contributed by atoms with Crippen LogP contribution >= 0.6 is 15.9 Å². The van der Waals surface area contributed by atoms with Crippen molar-refractivity contribution in [2.45, 2.75) is 19.8 Å². The van der Waals surface area contributed by atoms with Gasteiger partial charge in [0.1, 0.15) is 11.5 Å². The lowest BCUT2D eigenvalue weighted by atomic mass is 10.3. The lowest BCUT2D eigenvalue weighted by molar-refractivity contribution is 0.841. The summed E-state index contributed by atoms with van der Waals surface area (Å²) in [5, 5.41) is 7.03. The second-order valence-corrected chi connectivity index (χ2v) is 4.13. The summed E-state index contributed by atoms with van der Waals surface area (Å²) in [6, 6.07) is 3.82. The fraction of sp³-hybridized carbons (Fsp3) is 0.300. The van der Waals surface area contributed by atoms with Gasteiger partial charge in [-0.25, -0.2) is 4.98 Å². The lowest BCUT2D eigenvalue weighted by Gasteiger charge is -1.93. The molecule has 4 nitrogen and oxygen atoms in total. The molecule has 0 amide bonds. The molecule has 2 aromatic heterocycles. The Morgan fingerprint density at radius 3 is 2.93 bits per heavy atom. The van der Waals surface area contributed by atoms with Gasteiger partial charge in [-0.05, 0) is 34.5 Å². The van der Waals surface area contributed by atoms with E-state index in [0.29, 0.717) is 5.82 Å². The first-order valence-electron chi connectivity index (χ1n) is 4.83. The molecular formula is C10H11BrN4. The molecule has 0 saturated heterocycles. The van der Waals surface area contributed by atoms with Crippen molar-refractivity contribution in [1.82, 2.24) is 20.2 Å². The summed E-state index contributed by atoms with van der Waals surface area (Å²) in [6.07, 6.45) is 3.72. The maximum absolute atomic E-state index is 4.36. The standard InChI is InChI=1S/C10H11BrN4/c1-2-3-9-13-10(15-14-9)8-5-4-7(11)6-12-8/h4-6H,2-3H2,1H3,(H,13,14,15). The molecule has 0 aliphatic carbocycles. The molecule has 0 unspecified atom stereocenters. The fourth-order valence-electron chi connectivity index (χ4n) is 1.27. The number of halogens is 1. The molecule has 5 heteroatoms. The van der Waals surface area contributed by atoms with E-state index in [4.69, 9.17) is 0 Å². The van der Waals surface area contributed by atoms with Crippen LogP contribution in [0.3, 0.4) is 0 Å². The second kappa shape index (κ2) is 4.53. The molecule has 0 aromatic carbocycles. The van der Waals surface area contributed by atoms with Crippen LogP contribution in [0.4, 0.5) is 0 Å². The average Bonchev–Trinajstić information content (AvgIpc) is 2.68. The van der Waals surface area contributed by atoms with E-state index in [1.165, 1.54) is 0 Å². The maximum atomic E-state index is 4.36. The SMILES string of the molecule is CCCc1nc(-c2ccc(Br)cn2)n[nH]1. The monoisotopic (exact) mass is 266 g/mol. The molecule has 0 bridgehead atoms. The average molecular weight is 267 g/mol. The number of pyridine rings is 1. The highest BCUT2D eigenvalue weighted by atomic mass is 79.9. The zero-order valence-electron chi connectivity index (χ0n) is 8.37. The highest BCUT2D eigenvalue weighted by Gasteiger charge is 2.05. The molecule has 78 valence electrons. The zero-order chi connectivity index (χ0) is 10.7. The van der Waals surface area contributed by atoms with E-state index in [1.807, 2.05) is 12.1 Å². The zero-order valence-corrected chi connectivity index (χ0v) is 9.95. The summed E-state index contributed by atoms with van der Waals surface area (Å²) in [7, 11) is 0. The van der Waals surface area contributed by atoms with Crippen LogP contribution in [0, 0.1) is 0 Å². The Labute approximate surface area is 96.3 Å². The summed E-state index contributed by atoms with van der Waals surface area (Å²) in [4.78, 5) is 8.59. The molecule has 0 atom stereocenters. The number of hydrogen-bond acceptors (Lipinski definition) is 3. The van der Waals surface area contributed by atoms with Gasteiger partial charge in [-0.15, -0.1) is 0 Å². The topological polar surface area (TPSA) is 54.5 Å². The van der Waals surface area contributed by atoms with Crippen LogP contribution in [0.5, 0.6) is 0 Å². The van der Waals surface area contributed by atoms with Crippen molar-refractivity contribution in [3.05, 3.63) is 28.6 Å². The number of aryl methyl sites for hydroxylation is 1. The number of H-pyrrole nitrogens is 1. The van der Waals surface area contributed by atoms with Gasteiger partial charge in [-0.3, -0.25) is 10.1 Å². The van der Waals surface area contributed by atoms with Crippen LogP contribution in [0.25, 0.3) is 11.5 Å². The van der Waals surface area contributed by atoms with Gasteiger partial charge in [0.15, 0.2) is 5.82 Å². The van der Waals surface area contributed by atoms with Crippen LogP contribution in [0.1, 0.15) is 19.2 Å². The van der Waals surface area contributed by atoms with E-state index in [1.54, 1.807) is 6.20 Å². The molecular weight excluding hydrogens is 256 g/mol. The Balaban J connectivity index is 2.25. The Kier molecular flexibility index (Phi) is 3.11. The van der Waals surface area contributed by atoms with Crippen molar-refractivity contribution < 1.29 is 0 Å². The summed E-state index contributed by atoms with van der Waals surface area (Å²) in [5.41, 5.74) is 0.789. The van der Waals surface area contributed by atoms with Gasteiger partial charge in [0.05, 0.1) is 0 Å². The first-order chi connectivity index (χ1) is 7.29. The van der Waals surface area contributed by atoms with Crippen molar-refractivity contribution in [3.8, 4) is 11.5 Å². The number of aromatic nitrogens is 4. The molecule has 15 heavy (non-hydrogen) atoms. The molecule has 0 radical (unpaired) electrons. The van der Waals surface area contributed by atoms with E-state index in [9.17, 15) is 0 Å². The van der Waals surface area contributed by atoms with Crippen LogP contribution in [-0.2, 0) is 6.42 Å². The Morgan fingerprint density at radius 2 is 2.27 bits per heavy atom. The lowest BCUT2D eigenvalue weighted by Crippen LogP contribution is -1.86. The summed E-state index contributed by atoms with van der Waals surface area (Å²) in [6.45, 7) is 2.11. The van der Waals surface area contributed by atoms with Crippen LogP contribution < -0.4 is 0 Å². The normalized spacial score (nSPS) is 10.5. The van der Waals surface area contributed by atoms with Gasteiger partial charge >= 0.3 is 0 Å². The summed E-state index contributed by atoms with van der Waals surface area (Å²) >= 11 is 3.34. The molecule has 0 spiro atoms. The molecule has 2 heterocycles. The first kappa shape index (κ1) is 10.3. The fourth-order valence-corrected chi connectivity index (χ4v) is 1.50. The Hall–Kier alpha value is -1.23. The van der Waals surface area contributed by atoms with Crippen LogP contribution in [0.15, 0.2) is 22.8 Å². The number of aromatic amines is 1. The largest absolute Gasteiger partial charge is 0.263 e. The van der Waals surface area contributed by atoms with Crippen molar-refractivity contribution in [2.75, 3.05) is 0 Å². The van der Waals surface area contributed by atoms with E-state index >= 15 is 0 Å². The molecule has 1 N–H and O–H groups in total. The molecule has 0 aliphatic heterocycles. The van der Waals surface area contributed by atoms with Gasteiger partial charge in [-0.2, -0.15) is 5.10 Å². The second-order valence-electron chi connectivity index (χ2n) is 3.22. The van der Waals surface area contributed by atoms with E-state index in [2.05, 4.69) is 43.0 Å². The quantitative estimate of drug-likeness (QED) is 0.929. The first-order valence-corrected chi connectivity index (χ1v) is 5.62. The van der Waals surface area contributed by atoms with Gasteiger partial charge < -0.3 is 0 Å². The summed E-state index contributed by atoms with van der Waals surface area (Å²) < 4.78 is 0.954. The maximum Gasteiger partial charge on any atom is 0.199 e. The minimum Gasteiger partial charge on any atom is -0.263 e. The molecule has 0 fully saturated rings. The number of nitrogens with one attached hydrogen (secondary N) is 1. The third-order valence-electron chi connectivity index (χ3n) is 1.98. The predicted octanol–water partition coefficient (Wildman–Crippen LogP) is 2.58. The van der Waals surface area contributed by atoms with Crippen LogP contribution in [-0.4, -0.2) is 20.2 Å². The number of nitrogens with zero attached hydrogens (tertiary/aromatic N) is 3. The minimum absolute atomic E-state index is 0.658. The van der Waals surface area contributed by atoms with Crippen molar-refractivity contribution in [3.63, 3.8) is 0 Å². The Morgan fingerprint density at radius 1 is 1.40 bits per heavy atom. The smallest absolute Gasteiger partial charge is 0.199 e. The predicted molar refractivity (Wildman–Crippen MR) is 61.3 cm³/mol. The van der Waals surface area contributed by atoms with E-state index in [0.717, 1.165) is 28.8 Å². The van der Waals surface area contributed by atoms with Gasteiger partial charge in [0.25, 0.3) is 0 Å². The Bertz CT molecular complexity index is 435. The molecule has 2 rings (SSSR count). The third kappa shape index (κ3) is 2.41. The molecule has 0 saturated carbocycles. The van der Waals surface area contributed by atoms with E-state index < -0.39 is 0 Å². The number of hydrogen-bond donors (Lipinski definition) is 1. The van der Waals surface area contributed by atoms with Crippen molar-refractivity contribution in [2.24, 2.45) is 0 Å². The summed E-state index contributed by atoms with van der Waals surface area (Å²) in [5.74, 6) is 1.57. The van der Waals surface area contributed by atoms with Gasteiger partial charge in [-0.1, -0.05) is 6.92 Å². The third-order valence-corrected chi connectivity index (χ3v) is 2.44. The molecule has 2 aromatic rings. The number of rotatable bonds is 3. The van der Waals surface area contributed by atoms with E-state index in [-0.39, 0.29) is 0 Å². The minimum atomic E-state index is 0.658. The highest BCUT2D eigenvalue weighted by Crippen LogP contribution is 2.14. The molecule has 0 aliphatic rings. The van der Waals surface area contributed by atoms with Crippen LogP contribution in [0.2, 0.25) is 0 Å².